The van der Waals surface area contributed by atoms with Gasteiger partial charge in [0.1, 0.15) is 0 Å². The number of nitrogens with zero attached hydrogens (tertiary/aromatic N) is 2. The molecule has 1 unspecified atom stereocenters. The second-order valence-corrected chi connectivity index (χ2v) is 4.01. The maximum atomic E-state index is 11.7. The molecule has 0 fully saturated rings. The van der Waals surface area contributed by atoms with E-state index in [9.17, 15) is 4.79 Å². The molecule has 0 radical (unpaired) electrons. The third-order valence-electron chi connectivity index (χ3n) is 2.56. The fourth-order valence-corrected chi connectivity index (χ4v) is 1.42. The monoisotopic (exact) mass is 225 g/mol. The fourth-order valence-electron chi connectivity index (χ4n) is 1.42. The molecule has 90 valence electrons. The third kappa shape index (κ3) is 3.34. The Bertz CT molecular complexity index is 358. The van der Waals surface area contributed by atoms with Gasteiger partial charge in [-0.25, -0.2) is 0 Å². The topological polar surface area (TPSA) is 67.2 Å². The van der Waals surface area contributed by atoms with E-state index in [0.29, 0.717) is 18.5 Å². The molecule has 1 aromatic rings. The molecule has 2 N–H and O–H groups in total. The minimum atomic E-state index is -0.308. The van der Waals surface area contributed by atoms with Gasteiger partial charge in [-0.05, 0) is 26.7 Å². The van der Waals surface area contributed by atoms with Gasteiger partial charge in [0, 0.05) is 19.3 Å². The molecule has 1 heterocycles. The van der Waals surface area contributed by atoms with Gasteiger partial charge >= 0.3 is 0 Å². The van der Waals surface area contributed by atoms with Crippen molar-refractivity contribution in [3.05, 3.63) is 17.5 Å². The Labute approximate surface area is 95.5 Å². The molecular weight excluding hydrogens is 206 g/mol. The minimum absolute atomic E-state index is 0.101. The first kappa shape index (κ1) is 12.7. The van der Waals surface area contributed by atoms with Crippen molar-refractivity contribution in [3.8, 4) is 0 Å². The second-order valence-electron chi connectivity index (χ2n) is 4.01. The van der Waals surface area contributed by atoms with Crippen molar-refractivity contribution in [2.24, 2.45) is 7.05 Å². The second kappa shape index (κ2) is 5.65. The Balaban J connectivity index is 2.39. The predicted molar refractivity (Wildman–Crippen MR) is 61.2 cm³/mol. The summed E-state index contributed by atoms with van der Waals surface area (Å²) in [7, 11) is 1.81. The van der Waals surface area contributed by atoms with Gasteiger partial charge in [-0.2, -0.15) is 5.10 Å². The Kier molecular flexibility index (Phi) is 4.49. The maximum Gasteiger partial charge on any atom is 0.254 e. The van der Waals surface area contributed by atoms with Gasteiger partial charge in [0.15, 0.2) is 0 Å². The highest BCUT2D eigenvalue weighted by Crippen LogP contribution is 2.05. The molecule has 1 atom stereocenters. The zero-order chi connectivity index (χ0) is 12.1. The Hall–Kier alpha value is -1.36. The number of aliphatic hydroxyl groups excluding tert-OH is 1. The number of aromatic nitrogens is 2. The largest absolute Gasteiger partial charge is 0.393 e. The summed E-state index contributed by atoms with van der Waals surface area (Å²) in [5.74, 6) is -0.101. The summed E-state index contributed by atoms with van der Waals surface area (Å²) < 4.78 is 1.67. The highest BCUT2D eigenvalue weighted by atomic mass is 16.3. The first-order valence-corrected chi connectivity index (χ1v) is 5.47. The fraction of sp³-hybridized carbons (Fsp3) is 0.636. The van der Waals surface area contributed by atoms with Crippen molar-refractivity contribution < 1.29 is 9.90 Å². The highest BCUT2D eigenvalue weighted by molar-refractivity contribution is 5.94. The molecule has 5 nitrogen and oxygen atoms in total. The average molecular weight is 225 g/mol. The lowest BCUT2D eigenvalue weighted by Gasteiger charge is -2.06. The van der Waals surface area contributed by atoms with Crippen LogP contribution in [0.25, 0.3) is 0 Å². The van der Waals surface area contributed by atoms with Crippen LogP contribution in [0.5, 0.6) is 0 Å². The highest BCUT2D eigenvalue weighted by Gasteiger charge is 2.11. The van der Waals surface area contributed by atoms with E-state index in [-0.39, 0.29) is 12.0 Å². The molecule has 0 aliphatic carbocycles. The standard InChI is InChI=1S/C11H19N3O2/c1-8(15)5-4-6-12-11(16)10-7-13-14(3)9(10)2/h7-8,15H,4-6H2,1-3H3,(H,12,16). The van der Waals surface area contributed by atoms with Crippen LogP contribution in [0, 0.1) is 6.92 Å². The van der Waals surface area contributed by atoms with E-state index < -0.39 is 0 Å². The first-order chi connectivity index (χ1) is 7.52. The van der Waals surface area contributed by atoms with Crippen molar-refractivity contribution in [2.45, 2.75) is 32.8 Å². The SMILES string of the molecule is Cc1c(C(=O)NCCCC(C)O)cnn1C. The van der Waals surface area contributed by atoms with Crippen LogP contribution in [-0.2, 0) is 7.05 Å². The van der Waals surface area contributed by atoms with E-state index in [4.69, 9.17) is 5.11 Å². The number of aryl methyl sites for hydroxylation is 1. The lowest BCUT2D eigenvalue weighted by molar-refractivity contribution is 0.0949. The number of hydrogen-bond donors (Lipinski definition) is 2. The van der Waals surface area contributed by atoms with Crippen LogP contribution >= 0.6 is 0 Å². The van der Waals surface area contributed by atoms with Crippen LogP contribution < -0.4 is 5.32 Å². The summed E-state index contributed by atoms with van der Waals surface area (Å²) >= 11 is 0. The smallest absolute Gasteiger partial charge is 0.254 e. The summed E-state index contributed by atoms with van der Waals surface area (Å²) in [4.78, 5) is 11.7. The van der Waals surface area contributed by atoms with Crippen LogP contribution in [0.2, 0.25) is 0 Å². The molecule has 0 spiro atoms. The molecular formula is C11H19N3O2. The van der Waals surface area contributed by atoms with Crippen LogP contribution in [0.15, 0.2) is 6.20 Å². The van der Waals surface area contributed by atoms with Gasteiger partial charge in [0.25, 0.3) is 5.91 Å². The molecule has 1 aromatic heterocycles. The molecule has 0 saturated heterocycles. The number of nitrogens with one attached hydrogen (secondary N) is 1. The number of aliphatic hydroxyl groups is 1. The van der Waals surface area contributed by atoms with Crippen molar-refractivity contribution in [1.29, 1.82) is 0 Å². The third-order valence-corrected chi connectivity index (χ3v) is 2.56. The normalized spacial score (nSPS) is 12.5. The molecule has 0 bridgehead atoms. The Morgan fingerprint density at radius 3 is 2.88 bits per heavy atom. The van der Waals surface area contributed by atoms with Crippen LogP contribution in [-0.4, -0.2) is 33.4 Å². The number of carbonyl (C=O) groups is 1. The molecule has 0 aliphatic rings. The van der Waals surface area contributed by atoms with Gasteiger partial charge in [-0.15, -0.1) is 0 Å². The Morgan fingerprint density at radius 1 is 1.69 bits per heavy atom. The van der Waals surface area contributed by atoms with Crippen molar-refractivity contribution in [2.75, 3.05) is 6.54 Å². The van der Waals surface area contributed by atoms with Gasteiger partial charge < -0.3 is 10.4 Å². The zero-order valence-corrected chi connectivity index (χ0v) is 10.0. The lowest BCUT2D eigenvalue weighted by atomic mass is 10.2. The van der Waals surface area contributed by atoms with E-state index in [1.165, 1.54) is 0 Å². The molecule has 1 amide bonds. The molecule has 0 aromatic carbocycles. The summed E-state index contributed by atoms with van der Waals surface area (Å²) in [6, 6.07) is 0. The van der Waals surface area contributed by atoms with E-state index in [0.717, 1.165) is 12.1 Å². The lowest BCUT2D eigenvalue weighted by Crippen LogP contribution is -2.25. The van der Waals surface area contributed by atoms with Gasteiger partial charge in [-0.3, -0.25) is 9.48 Å². The zero-order valence-electron chi connectivity index (χ0n) is 10.0. The predicted octanol–water partition coefficient (Wildman–Crippen LogP) is 0.619. The Morgan fingerprint density at radius 2 is 2.38 bits per heavy atom. The van der Waals surface area contributed by atoms with Crippen LogP contribution in [0.4, 0.5) is 0 Å². The van der Waals surface area contributed by atoms with E-state index in [1.807, 2.05) is 6.92 Å². The summed E-state index contributed by atoms with van der Waals surface area (Å²) in [5, 5.41) is 15.9. The summed E-state index contributed by atoms with van der Waals surface area (Å²) in [6.07, 6.45) is 2.74. The first-order valence-electron chi connectivity index (χ1n) is 5.47. The molecule has 0 aliphatic heterocycles. The van der Waals surface area contributed by atoms with E-state index >= 15 is 0 Å². The quantitative estimate of drug-likeness (QED) is 0.722. The number of carbonyl (C=O) groups excluding carboxylic acids is 1. The number of hydrogen-bond acceptors (Lipinski definition) is 3. The number of amides is 1. The van der Waals surface area contributed by atoms with Crippen molar-refractivity contribution in [3.63, 3.8) is 0 Å². The minimum Gasteiger partial charge on any atom is -0.393 e. The maximum absolute atomic E-state index is 11.7. The molecule has 0 saturated carbocycles. The summed E-state index contributed by atoms with van der Waals surface area (Å²) in [5.41, 5.74) is 1.47. The molecule has 16 heavy (non-hydrogen) atoms. The van der Waals surface area contributed by atoms with Crippen LogP contribution in [0.3, 0.4) is 0 Å². The van der Waals surface area contributed by atoms with Gasteiger partial charge in [0.05, 0.1) is 17.9 Å². The van der Waals surface area contributed by atoms with Crippen molar-refractivity contribution >= 4 is 5.91 Å². The van der Waals surface area contributed by atoms with E-state index in [1.54, 1.807) is 24.9 Å². The van der Waals surface area contributed by atoms with Crippen LogP contribution in [0.1, 0.15) is 35.8 Å². The van der Waals surface area contributed by atoms with Gasteiger partial charge in [0.2, 0.25) is 0 Å². The number of rotatable bonds is 5. The molecule has 5 heteroatoms. The van der Waals surface area contributed by atoms with Gasteiger partial charge in [-0.1, -0.05) is 0 Å². The van der Waals surface area contributed by atoms with E-state index in [2.05, 4.69) is 10.4 Å². The summed E-state index contributed by atoms with van der Waals surface area (Å²) in [6.45, 7) is 4.18. The molecule has 1 rings (SSSR count). The average Bonchev–Trinajstić information content (AvgIpc) is 2.54. The van der Waals surface area contributed by atoms with Crippen molar-refractivity contribution in [1.82, 2.24) is 15.1 Å².